The summed E-state index contributed by atoms with van der Waals surface area (Å²) in [5, 5.41) is 9.10. The first-order valence-electron chi connectivity index (χ1n) is 5.42. The third-order valence-electron chi connectivity index (χ3n) is 2.38. The van der Waals surface area contributed by atoms with Crippen LogP contribution in [0.15, 0.2) is 46.3 Å². The lowest BCUT2D eigenvalue weighted by atomic mass is 10.0. The van der Waals surface area contributed by atoms with Crippen molar-refractivity contribution in [1.29, 1.82) is 0 Å². The summed E-state index contributed by atoms with van der Waals surface area (Å²) in [6.45, 7) is 4.37. The zero-order valence-corrected chi connectivity index (χ0v) is 11.3. The molecule has 0 atom stereocenters. The fourth-order valence-electron chi connectivity index (χ4n) is 1.40. The highest BCUT2D eigenvalue weighted by atomic mass is 35.5. The summed E-state index contributed by atoms with van der Waals surface area (Å²) in [4.78, 5) is 1.16. The molecule has 0 aliphatic carbocycles. The van der Waals surface area contributed by atoms with Crippen LogP contribution in [0.1, 0.15) is 25.3 Å². The molecule has 1 aromatic carbocycles. The molecule has 88 valence electrons. The Hall–Kier alpha value is -1.06. The minimum Gasteiger partial charge on any atom is -0.142 e. The highest BCUT2D eigenvalue weighted by Gasteiger charge is 2.02. The van der Waals surface area contributed by atoms with Crippen LogP contribution in [0.4, 0.5) is 0 Å². The van der Waals surface area contributed by atoms with Crippen molar-refractivity contribution in [3.63, 3.8) is 0 Å². The van der Waals surface area contributed by atoms with E-state index in [0.29, 0.717) is 11.1 Å². The lowest BCUT2D eigenvalue weighted by molar-refractivity contribution is 0.864. The van der Waals surface area contributed by atoms with Gasteiger partial charge in [-0.25, -0.2) is 0 Å². The molecule has 2 nitrogen and oxygen atoms in total. The average molecular weight is 265 g/mol. The minimum absolute atomic E-state index is 0.421. The number of nitrogens with zero attached hydrogens (tertiary/aromatic N) is 2. The van der Waals surface area contributed by atoms with E-state index < -0.39 is 0 Å². The van der Waals surface area contributed by atoms with Gasteiger partial charge in [0.25, 0.3) is 0 Å². The molecule has 0 amide bonds. The van der Waals surface area contributed by atoms with Crippen LogP contribution < -0.4 is 0 Å². The maximum Gasteiger partial charge on any atom is 0.151 e. The predicted octanol–water partition coefficient (Wildman–Crippen LogP) is 4.40. The third kappa shape index (κ3) is 3.45. The molecular formula is C13H13ClN2S. The van der Waals surface area contributed by atoms with Gasteiger partial charge in [0.1, 0.15) is 5.03 Å². The molecule has 2 rings (SSSR count). The first kappa shape index (κ1) is 12.4. The van der Waals surface area contributed by atoms with Gasteiger partial charge in [0.15, 0.2) is 5.15 Å². The summed E-state index contributed by atoms with van der Waals surface area (Å²) in [5.74, 6) is 0.560. The molecule has 0 spiro atoms. The van der Waals surface area contributed by atoms with E-state index in [1.807, 2.05) is 6.07 Å². The van der Waals surface area contributed by atoms with Crippen LogP contribution in [-0.4, -0.2) is 10.2 Å². The van der Waals surface area contributed by atoms with E-state index in [1.54, 1.807) is 17.8 Å². The maximum atomic E-state index is 5.69. The second-order valence-corrected chi connectivity index (χ2v) is 5.50. The van der Waals surface area contributed by atoms with Crippen LogP contribution in [-0.2, 0) is 0 Å². The zero-order chi connectivity index (χ0) is 12.3. The van der Waals surface area contributed by atoms with E-state index in [4.69, 9.17) is 11.6 Å². The molecule has 1 heterocycles. The molecule has 0 unspecified atom stereocenters. The van der Waals surface area contributed by atoms with Crippen LogP contribution in [0.25, 0.3) is 0 Å². The third-order valence-corrected chi connectivity index (χ3v) is 3.51. The first-order chi connectivity index (χ1) is 8.15. The number of aromatic nitrogens is 2. The Bertz CT molecular complexity index is 480. The van der Waals surface area contributed by atoms with Crippen molar-refractivity contribution in [1.82, 2.24) is 10.2 Å². The zero-order valence-electron chi connectivity index (χ0n) is 9.72. The van der Waals surface area contributed by atoms with E-state index in [-0.39, 0.29) is 0 Å². The quantitative estimate of drug-likeness (QED) is 0.822. The van der Waals surface area contributed by atoms with Crippen molar-refractivity contribution < 1.29 is 0 Å². The Kier molecular flexibility index (Phi) is 4.02. The van der Waals surface area contributed by atoms with Gasteiger partial charge in [0.05, 0.1) is 0 Å². The maximum absolute atomic E-state index is 5.69. The second-order valence-electron chi connectivity index (χ2n) is 4.02. The van der Waals surface area contributed by atoms with E-state index >= 15 is 0 Å². The number of benzene rings is 1. The SMILES string of the molecule is CC(C)c1ccc(Sc2ccc(Cl)nn2)cc1. The van der Waals surface area contributed by atoms with E-state index in [0.717, 1.165) is 9.92 Å². The topological polar surface area (TPSA) is 25.8 Å². The average Bonchev–Trinajstić information content (AvgIpc) is 2.33. The highest BCUT2D eigenvalue weighted by Crippen LogP contribution is 2.27. The molecule has 0 radical (unpaired) electrons. The smallest absolute Gasteiger partial charge is 0.142 e. The van der Waals surface area contributed by atoms with Gasteiger partial charge in [-0.1, -0.05) is 49.3 Å². The van der Waals surface area contributed by atoms with Crippen molar-refractivity contribution in [2.75, 3.05) is 0 Å². The van der Waals surface area contributed by atoms with Crippen molar-refractivity contribution in [3.05, 3.63) is 47.1 Å². The Labute approximate surface area is 110 Å². The molecule has 0 aliphatic heterocycles. The summed E-state index contributed by atoms with van der Waals surface area (Å²) >= 11 is 7.27. The van der Waals surface area contributed by atoms with Crippen LogP contribution in [0.5, 0.6) is 0 Å². The van der Waals surface area contributed by atoms with Crippen molar-refractivity contribution in [2.24, 2.45) is 0 Å². The van der Waals surface area contributed by atoms with Gasteiger partial charge in [-0.2, -0.15) is 0 Å². The van der Waals surface area contributed by atoms with Gasteiger partial charge in [-0.3, -0.25) is 0 Å². The lowest BCUT2D eigenvalue weighted by Gasteiger charge is -2.06. The number of rotatable bonds is 3. The molecular weight excluding hydrogens is 252 g/mol. The Morgan fingerprint density at radius 1 is 1.00 bits per heavy atom. The highest BCUT2D eigenvalue weighted by molar-refractivity contribution is 7.99. The van der Waals surface area contributed by atoms with Crippen LogP contribution in [0.2, 0.25) is 5.15 Å². The minimum atomic E-state index is 0.421. The molecule has 0 saturated heterocycles. The fraction of sp³-hybridized carbons (Fsp3) is 0.231. The normalized spacial score (nSPS) is 10.8. The van der Waals surface area contributed by atoms with Crippen molar-refractivity contribution in [2.45, 2.75) is 29.7 Å². The van der Waals surface area contributed by atoms with Crippen LogP contribution >= 0.6 is 23.4 Å². The van der Waals surface area contributed by atoms with Gasteiger partial charge < -0.3 is 0 Å². The summed E-state index contributed by atoms with van der Waals surface area (Å²) in [7, 11) is 0. The van der Waals surface area contributed by atoms with E-state index in [9.17, 15) is 0 Å². The summed E-state index contributed by atoms with van der Waals surface area (Å²) in [6.07, 6.45) is 0. The summed E-state index contributed by atoms with van der Waals surface area (Å²) in [5.41, 5.74) is 1.34. The molecule has 17 heavy (non-hydrogen) atoms. The van der Waals surface area contributed by atoms with Gasteiger partial charge in [0, 0.05) is 4.90 Å². The molecule has 4 heteroatoms. The summed E-state index contributed by atoms with van der Waals surface area (Å²) in [6, 6.07) is 12.1. The molecule has 0 aliphatic rings. The van der Waals surface area contributed by atoms with Crippen LogP contribution in [0, 0.1) is 0 Å². The van der Waals surface area contributed by atoms with E-state index in [2.05, 4.69) is 48.3 Å². The van der Waals surface area contributed by atoms with Crippen LogP contribution in [0.3, 0.4) is 0 Å². The fourth-order valence-corrected chi connectivity index (χ4v) is 2.23. The molecule has 0 bridgehead atoms. The van der Waals surface area contributed by atoms with Gasteiger partial charge >= 0.3 is 0 Å². The molecule has 0 N–H and O–H groups in total. The van der Waals surface area contributed by atoms with E-state index in [1.165, 1.54) is 5.56 Å². The number of hydrogen-bond acceptors (Lipinski definition) is 3. The standard InChI is InChI=1S/C13H13ClN2S/c1-9(2)10-3-5-11(6-4-10)17-13-8-7-12(14)15-16-13/h3-9H,1-2H3. The molecule has 2 aromatic rings. The summed E-state index contributed by atoms with van der Waals surface area (Å²) < 4.78 is 0. The Morgan fingerprint density at radius 2 is 1.71 bits per heavy atom. The molecule has 1 aromatic heterocycles. The molecule has 0 fully saturated rings. The lowest BCUT2D eigenvalue weighted by Crippen LogP contribution is -1.87. The van der Waals surface area contributed by atoms with Crippen molar-refractivity contribution in [3.8, 4) is 0 Å². The monoisotopic (exact) mass is 264 g/mol. The molecule has 0 saturated carbocycles. The second kappa shape index (κ2) is 5.52. The van der Waals surface area contributed by atoms with Gasteiger partial charge in [-0.05, 0) is 35.7 Å². The first-order valence-corrected chi connectivity index (χ1v) is 6.61. The number of hydrogen-bond donors (Lipinski definition) is 0. The Balaban J connectivity index is 2.11. The largest absolute Gasteiger partial charge is 0.151 e. The number of halogens is 1. The van der Waals surface area contributed by atoms with Gasteiger partial charge in [0.2, 0.25) is 0 Å². The van der Waals surface area contributed by atoms with Crippen molar-refractivity contribution >= 4 is 23.4 Å². The predicted molar refractivity (Wildman–Crippen MR) is 71.7 cm³/mol. The Morgan fingerprint density at radius 3 is 2.24 bits per heavy atom. The van der Waals surface area contributed by atoms with Gasteiger partial charge in [-0.15, -0.1) is 10.2 Å².